The van der Waals surface area contributed by atoms with Gasteiger partial charge in [0.05, 0.1) is 7.11 Å². The molecule has 1 heterocycles. The van der Waals surface area contributed by atoms with Crippen LogP contribution in [-0.4, -0.2) is 28.0 Å². The highest BCUT2D eigenvalue weighted by Crippen LogP contribution is 1.82. The first kappa shape index (κ1) is 8.18. The molecule has 64 valence electrons. The fraction of sp³-hybridized carbons (Fsp3) is 0.200. The molecule has 1 aromatic rings. The van der Waals surface area contributed by atoms with E-state index in [-0.39, 0.29) is 0 Å². The maximum Gasteiger partial charge on any atom is 0.374 e. The van der Waals surface area contributed by atoms with Crippen LogP contribution in [-0.2, 0) is 4.74 Å². The minimum atomic E-state index is -0.890. The minimum absolute atomic E-state index is 0.411. The van der Waals surface area contributed by atoms with Crippen molar-refractivity contribution >= 4 is 5.97 Å². The summed E-state index contributed by atoms with van der Waals surface area (Å²) in [6, 6.07) is 0. The second-order valence-corrected chi connectivity index (χ2v) is 1.84. The summed E-state index contributed by atoms with van der Waals surface area (Å²) in [4.78, 5) is 38.8. The van der Waals surface area contributed by atoms with Crippen LogP contribution in [0, 0.1) is 0 Å². The van der Waals surface area contributed by atoms with Gasteiger partial charge in [0.25, 0.3) is 0 Å². The van der Waals surface area contributed by atoms with Gasteiger partial charge in [-0.25, -0.2) is 14.4 Å². The third-order valence-electron chi connectivity index (χ3n) is 1.04. The van der Waals surface area contributed by atoms with Crippen molar-refractivity contribution in [1.82, 2.24) is 15.0 Å². The van der Waals surface area contributed by atoms with Crippen LogP contribution in [0.5, 0.6) is 0 Å². The van der Waals surface area contributed by atoms with Gasteiger partial charge in [-0.1, -0.05) is 0 Å². The summed E-state index contributed by atoms with van der Waals surface area (Å²) in [5.74, 6) is -1.27. The Morgan fingerprint density at radius 3 is 2.58 bits per heavy atom. The zero-order valence-corrected chi connectivity index (χ0v) is 6.08. The van der Waals surface area contributed by atoms with Gasteiger partial charge >= 0.3 is 17.3 Å². The van der Waals surface area contributed by atoms with E-state index in [0.29, 0.717) is 0 Å². The van der Waals surface area contributed by atoms with Crippen LogP contribution < -0.4 is 11.4 Å². The first-order valence-electron chi connectivity index (χ1n) is 2.92. The molecule has 0 radical (unpaired) electrons. The molecule has 2 N–H and O–H groups in total. The van der Waals surface area contributed by atoms with Crippen LogP contribution in [0.3, 0.4) is 0 Å². The molecule has 0 atom stereocenters. The van der Waals surface area contributed by atoms with Crippen LogP contribution in [0.4, 0.5) is 0 Å². The van der Waals surface area contributed by atoms with Gasteiger partial charge in [-0.15, -0.1) is 0 Å². The largest absolute Gasteiger partial charge is 0.463 e. The summed E-state index contributed by atoms with van der Waals surface area (Å²) in [5.41, 5.74) is -1.69. The summed E-state index contributed by atoms with van der Waals surface area (Å²) in [6.07, 6.45) is 0. The zero-order chi connectivity index (χ0) is 9.14. The smallest absolute Gasteiger partial charge is 0.374 e. The summed E-state index contributed by atoms with van der Waals surface area (Å²) >= 11 is 0. The van der Waals surface area contributed by atoms with Crippen LogP contribution >= 0.6 is 0 Å². The molecule has 0 spiro atoms. The predicted molar refractivity (Wildman–Crippen MR) is 36.8 cm³/mol. The van der Waals surface area contributed by atoms with E-state index in [0.717, 1.165) is 7.11 Å². The lowest BCUT2D eigenvalue weighted by Gasteiger charge is -1.94. The average molecular weight is 171 g/mol. The van der Waals surface area contributed by atoms with Crippen molar-refractivity contribution < 1.29 is 9.53 Å². The van der Waals surface area contributed by atoms with E-state index in [9.17, 15) is 14.4 Å². The Labute approximate surface area is 65.4 Å². The van der Waals surface area contributed by atoms with Crippen molar-refractivity contribution in [3.05, 3.63) is 26.8 Å². The van der Waals surface area contributed by atoms with E-state index < -0.39 is 23.2 Å². The van der Waals surface area contributed by atoms with Gasteiger partial charge in [-0.3, -0.25) is 9.97 Å². The Hall–Kier alpha value is -1.92. The van der Waals surface area contributed by atoms with Crippen LogP contribution in [0.15, 0.2) is 9.59 Å². The molecule has 0 aliphatic carbocycles. The quantitative estimate of drug-likeness (QED) is 0.487. The zero-order valence-electron chi connectivity index (χ0n) is 6.08. The Morgan fingerprint density at radius 1 is 1.42 bits per heavy atom. The molecule has 0 saturated carbocycles. The Balaban J connectivity index is 3.27. The molecule has 0 aliphatic rings. The number of rotatable bonds is 1. The number of H-pyrrole nitrogens is 2. The fourth-order valence-corrected chi connectivity index (χ4v) is 0.587. The van der Waals surface area contributed by atoms with E-state index in [1.165, 1.54) is 0 Å². The van der Waals surface area contributed by atoms with Crippen LogP contribution in [0.25, 0.3) is 0 Å². The number of hydrogen-bond donors (Lipinski definition) is 2. The Bertz CT molecular complexity index is 375. The molecule has 0 fully saturated rings. The lowest BCUT2D eigenvalue weighted by atomic mass is 10.6. The maximum atomic E-state index is 10.7. The summed E-state index contributed by atoms with van der Waals surface area (Å²) in [7, 11) is 1.11. The van der Waals surface area contributed by atoms with Crippen molar-refractivity contribution in [1.29, 1.82) is 0 Å². The molecule has 7 nitrogen and oxygen atoms in total. The van der Waals surface area contributed by atoms with Gasteiger partial charge in [0.1, 0.15) is 0 Å². The number of carbonyl (C=O) groups is 1. The van der Waals surface area contributed by atoms with E-state index in [1.807, 2.05) is 4.98 Å². The highest BCUT2D eigenvalue weighted by atomic mass is 16.5. The van der Waals surface area contributed by atoms with Gasteiger partial charge < -0.3 is 4.74 Å². The molecule has 0 aromatic carbocycles. The predicted octanol–water partition coefficient (Wildman–Crippen LogP) is -1.76. The van der Waals surface area contributed by atoms with E-state index >= 15 is 0 Å². The molecule has 0 amide bonds. The van der Waals surface area contributed by atoms with Gasteiger partial charge in [-0.2, -0.15) is 4.98 Å². The highest BCUT2D eigenvalue weighted by molar-refractivity contribution is 5.84. The fourth-order valence-electron chi connectivity index (χ4n) is 0.587. The lowest BCUT2D eigenvalue weighted by molar-refractivity contribution is 0.0585. The Morgan fingerprint density at radius 2 is 2.08 bits per heavy atom. The number of aromatic nitrogens is 3. The SMILES string of the molecule is COC(=O)c1nc(=O)[nH]c(=O)[nH]1. The van der Waals surface area contributed by atoms with E-state index in [1.54, 1.807) is 4.98 Å². The summed E-state index contributed by atoms with van der Waals surface area (Å²) < 4.78 is 4.22. The summed E-state index contributed by atoms with van der Waals surface area (Å²) in [6.45, 7) is 0. The molecule has 12 heavy (non-hydrogen) atoms. The topological polar surface area (TPSA) is 105 Å². The summed E-state index contributed by atoms with van der Waals surface area (Å²) in [5, 5.41) is 0. The molecule has 7 heteroatoms. The van der Waals surface area contributed by atoms with Gasteiger partial charge in [0.2, 0.25) is 5.82 Å². The van der Waals surface area contributed by atoms with Crippen LogP contribution in [0.2, 0.25) is 0 Å². The number of aromatic amines is 2. The van der Waals surface area contributed by atoms with Crippen LogP contribution in [0.1, 0.15) is 10.6 Å². The number of carbonyl (C=O) groups excluding carboxylic acids is 1. The molecule has 1 rings (SSSR count). The second kappa shape index (κ2) is 2.99. The molecule has 0 unspecified atom stereocenters. The lowest BCUT2D eigenvalue weighted by Crippen LogP contribution is -2.29. The van der Waals surface area contributed by atoms with Gasteiger partial charge in [-0.05, 0) is 0 Å². The number of methoxy groups -OCH3 is 1. The first-order valence-corrected chi connectivity index (χ1v) is 2.92. The van der Waals surface area contributed by atoms with Gasteiger partial charge in [0.15, 0.2) is 0 Å². The molecule has 1 aromatic heterocycles. The molecular formula is C5H5N3O4. The number of nitrogens with one attached hydrogen (secondary N) is 2. The van der Waals surface area contributed by atoms with Gasteiger partial charge in [0, 0.05) is 0 Å². The second-order valence-electron chi connectivity index (χ2n) is 1.84. The van der Waals surface area contributed by atoms with Crippen molar-refractivity contribution in [2.75, 3.05) is 7.11 Å². The van der Waals surface area contributed by atoms with Crippen molar-refractivity contribution in [3.63, 3.8) is 0 Å². The number of nitrogens with zero attached hydrogens (tertiary/aromatic N) is 1. The van der Waals surface area contributed by atoms with Crippen molar-refractivity contribution in [2.45, 2.75) is 0 Å². The average Bonchev–Trinajstić information content (AvgIpc) is 2.01. The van der Waals surface area contributed by atoms with Crippen molar-refractivity contribution in [2.24, 2.45) is 0 Å². The third-order valence-corrected chi connectivity index (χ3v) is 1.04. The standard InChI is InChI=1S/C5H5N3O4/c1-12-3(9)2-6-4(10)8-5(11)7-2/h1H3,(H2,6,7,8,10,11). The first-order chi connectivity index (χ1) is 5.63. The molecule has 0 bridgehead atoms. The van der Waals surface area contributed by atoms with E-state index in [2.05, 4.69) is 9.72 Å². The molecule has 0 aliphatic heterocycles. The molecular weight excluding hydrogens is 166 g/mol. The maximum absolute atomic E-state index is 10.7. The van der Waals surface area contributed by atoms with E-state index in [4.69, 9.17) is 0 Å². The highest BCUT2D eigenvalue weighted by Gasteiger charge is 2.08. The minimum Gasteiger partial charge on any atom is -0.463 e. The number of hydrogen-bond acceptors (Lipinski definition) is 5. The molecule has 0 saturated heterocycles. The number of ether oxygens (including phenoxy) is 1. The monoisotopic (exact) mass is 171 g/mol. The third kappa shape index (κ3) is 1.57. The van der Waals surface area contributed by atoms with Crippen molar-refractivity contribution in [3.8, 4) is 0 Å². The Kier molecular flexibility index (Phi) is 2.04. The normalized spacial score (nSPS) is 9.42. The number of esters is 1.